The highest BCUT2D eigenvalue weighted by molar-refractivity contribution is 7.99. The molecular formula is C15H19FN2S. The molecule has 0 aromatic heterocycles. The van der Waals surface area contributed by atoms with Crippen LogP contribution in [-0.4, -0.2) is 35.5 Å². The smallest absolute Gasteiger partial charge is 0.124 e. The van der Waals surface area contributed by atoms with Crippen LogP contribution in [0.25, 0.3) is 0 Å². The fourth-order valence-electron chi connectivity index (χ4n) is 2.16. The third-order valence-corrected chi connectivity index (χ3v) is 4.47. The maximum Gasteiger partial charge on any atom is 0.124 e. The topological polar surface area (TPSA) is 29.3 Å². The highest BCUT2D eigenvalue weighted by Gasteiger charge is 2.19. The molecule has 0 bridgehead atoms. The molecule has 1 atom stereocenters. The largest absolute Gasteiger partial charge is 0.320 e. The van der Waals surface area contributed by atoms with E-state index < -0.39 is 0 Å². The summed E-state index contributed by atoms with van der Waals surface area (Å²) in [5.41, 5.74) is 7.23. The zero-order valence-corrected chi connectivity index (χ0v) is 12.0. The van der Waals surface area contributed by atoms with Crippen molar-refractivity contribution in [3.63, 3.8) is 0 Å². The Labute approximate surface area is 118 Å². The van der Waals surface area contributed by atoms with E-state index in [9.17, 15) is 4.39 Å². The molecule has 1 saturated heterocycles. The number of halogens is 1. The summed E-state index contributed by atoms with van der Waals surface area (Å²) in [6, 6.07) is 5.40. The predicted octanol–water partition coefficient (Wildman–Crippen LogP) is 2.07. The van der Waals surface area contributed by atoms with Gasteiger partial charge in [-0.05, 0) is 24.6 Å². The number of thioether (sulfide) groups is 1. The van der Waals surface area contributed by atoms with E-state index in [1.54, 1.807) is 0 Å². The Hall–Kier alpha value is -1.02. The molecule has 4 heteroatoms. The second kappa shape index (κ2) is 6.95. The molecule has 1 aliphatic heterocycles. The molecule has 0 radical (unpaired) electrons. The maximum absolute atomic E-state index is 13.3. The maximum atomic E-state index is 13.3. The fraction of sp³-hybridized carbons (Fsp3) is 0.467. The van der Waals surface area contributed by atoms with Crippen LogP contribution in [0.1, 0.15) is 18.1 Å². The summed E-state index contributed by atoms with van der Waals surface area (Å²) >= 11 is 1.99. The molecule has 2 nitrogen and oxygen atoms in total. The average molecular weight is 278 g/mol. The average Bonchev–Trinajstić information content (AvgIpc) is 2.41. The van der Waals surface area contributed by atoms with E-state index in [4.69, 9.17) is 5.73 Å². The second-order valence-corrected chi connectivity index (χ2v) is 5.85. The van der Waals surface area contributed by atoms with Gasteiger partial charge in [0.25, 0.3) is 0 Å². The minimum absolute atomic E-state index is 0.243. The summed E-state index contributed by atoms with van der Waals surface area (Å²) in [6.45, 7) is 4.44. The number of nitrogens with zero attached hydrogens (tertiary/aromatic N) is 1. The number of hydrogen-bond acceptors (Lipinski definition) is 3. The van der Waals surface area contributed by atoms with Crippen LogP contribution in [0, 0.1) is 17.7 Å². The van der Waals surface area contributed by atoms with E-state index in [0.717, 1.165) is 35.7 Å². The van der Waals surface area contributed by atoms with Crippen molar-refractivity contribution in [2.75, 3.05) is 24.6 Å². The molecule has 1 fully saturated rings. The van der Waals surface area contributed by atoms with Crippen molar-refractivity contribution in [3.05, 3.63) is 35.1 Å². The molecule has 0 aliphatic carbocycles. The normalized spacial score (nSPS) is 19.8. The molecule has 0 spiro atoms. The lowest BCUT2D eigenvalue weighted by Crippen LogP contribution is -2.39. The molecule has 2 rings (SSSR count). The van der Waals surface area contributed by atoms with Crippen LogP contribution in [0.2, 0.25) is 0 Å². The lowest BCUT2D eigenvalue weighted by Gasteiger charge is -2.33. The van der Waals surface area contributed by atoms with Crippen molar-refractivity contribution in [2.45, 2.75) is 19.5 Å². The summed E-state index contributed by atoms with van der Waals surface area (Å²) in [7, 11) is 0. The van der Waals surface area contributed by atoms with Crippen molar-refractivity contribution in [2.24, 2.45) is 5.73 Å². The molecule has 19 heavy (non-hydrogen) atoms. The fourth-order valence-corrected chi connectivity index (χ4v) is 3.25. The molecule has 2 N–H and O–H groups in total. The van der Waals surface area contributed by atoms with Gasteiger partial charge in [-0.2, -0.15) is 11.8 Å². The second-order valence-electron chi connectivity index (χ2n) is 4.70. The van der Waals surface area contributed by atoms with Crippen molar-refractivity contribution in [3.8, 4) is 11.8 Å². The number of nitrogens with two attached hydrogens (primary N) is 1. The Balaban J connectivity index is 2.18. The summed E-state index contributed by atoms with van der Waals surface area (Å²) < 4.78 is 13.3. The van der Waals surface area contributed by atoms with Gasteiger partial charge in [-0.1, -0.05) is 17.9 Å². The summed E-state index contributed by atoms with van der Waals surface area (Å²) in [5.74, 6) is 7.86. The van der Waals surface area contributed by atoms with Crippen LogP contribution in [0.5, 0.6) is 0 Å². The zero-order chi connectivity index (χ0) is 13.7. The molecule has 1 unspecified atom stereocenters. The monoisotopic (exact) mass is 278 g/mol. The third kappa shape index (κ3) is 3.97. The Morgan fingerprint density at radius 3 is 3.11 bits per heavy atom. The van der Waals surface area contributed by atoms with Crippen LogP contribution in [0.15, 0.2) is 18.2 Å². The quantitative estimate of drug-likeness (QED) is 0.840. The molecule has 1 heterocycles. The highest BCUT2D eigenvalue weighted by atomic mass is 32.2. The van der Waals surface area contributed by atoms with E-state index in [1.807, 2.05) is 17.8 Å². The lowest BCUT2D eigenvalue weighted by molar-refractivity contribution is 0.223. The number of rotatable bonds is 2. The minimum atomic E-state index is -0.243. The van der Waals surface area contributed by atoms with Crippen LogP contribution in [0.3, 0.4) is 0 Å². The first kappa shape index (κ1) is 14.4. The van der Waals surface area contributed by atoms with Crippen LogP contribution in [-0.2, 0) is 6.54 Å². The van der Waals surface area contributed by atoms with E-state index in [1.165, 1.54) is 12.1 Å². The van der Waals surface area contributed by atoms with E-state index in [0.29, 0.717) is 12.6 Å². The molecule has 1 aromatic carbocycles. The van der Waals surface area contributed by atoms with Crippen LogP contribution >= 0.6 is 11.8 Å². The predicted molar refractivity (Wildman–Crippen MR) is 79.5 cm³/mol. The Morgan fingerprint density at radius 2 is 2.37 bits per heavy atom. The standard InChI is InChI=1S/C15H19FN2S/c1-12-11-19-8-7-18(12)10-14-4-5-15(16)9-13(14)3-2-6-17/h4-5,9,12H,6-8,10-11,17H2,1H3. The van der Waals surface area contributed by atoms with Gasteiger partial charge >= 0.3 is 0 Å². The molecule has 102 valence electrons. The first-order valence-electron chi connectivity index (χ1n) is 6.50. The highest BCUT2D eigenvalue weighted by Crippen LogP contribution is 2.20. The van der Waals surface area contributed by atoms with Crippen molar-refractivity contribution in [1.29, 1.82) is 0 Å². The van der Waals surface area contributed by atoms with Gasteiger partial charge in [0.15, 0.2) is 0 Å². The van der Waals surface area contributed by atoms with Gasteiger partial charge in [-0.3, -0.25) is 4.90 Å². The molecule has 0 saturated carbocycles. The Bertz CT molecular complexity index is 493. The van der Waals surface area contributed by atoms with Gasteiger partial charge in [0.05, 0.1) is 6.54 Å². The number of benzene rings is 1. The molecule has 1 aliphatic rings. The van der Waals surface area contributed by atoms with Gasteiger partial charge in [0.1, 0.15) is 5.82 Å². The lowest BCUT2D eigenvalue weighted by atomic mass is 10.1. The molecule has 0 amide bonds. The molecular weight excluding hydrogens is 259 g/mol. The first-order chi connectivity index (χ1) is 9.20. The van der Waals surface area contributed by atoms with E-state index >= 15 is 0 Å². The van der Waals surface area contributed by atoms with Crippen LogP contribution < -0.4 is 5.73 Å². The Kier molecular flexibility index (Phi) is 5.26. The van der Waals surface area contributed by atoms with Gasteiger partial charge in [-0.15, -0.1) is 0 Å². The summed E-state index contributed by atoms with van der Waals surface area (Å²) in [4.78, 5) is 2.43. The molecule has 1 aromatic rings. The first-order valence-corrected chi connectivity index (χ1v) is 7.65. The third-order valence-electron chi connectivity index (χ3n) is 3.28. The van der Waals surface area contributed by atoms with Gasteiger partial charge in [0.2, 0.25) is 0 Å². The summed E-state index contributed by atoms with van der Waals surface area (Å²) in [6.07, 6.45) is 0. The number of hydrogen-bond donors (Lipinski definition) is 1. The van der Waals surface area contributed by atoms with E-state index in [2.05, 4.69) is 23.7 Å². The zero-order valence-electron chi connectivity index (χ0n) is 11.2. The van der Waals surface area contributed by atoms with Gasteiger partial charge < -0.3 is 5.73 Å². The van der Waals surface area contributed by atoms with E-state index in [-0.39, 0.29) is 5.82 Å². The van der Waals surface area contributed by atoms with Gasteiger partial charge in [-0.25, -0.2) is 4.39 Å². The van der Waals surface area contributed by atoms with Gasteiger partial charge in [0, 0.05) is 36.2 Å². The Morgan fingerprint density at radius 1 is 1.53 bits per heavy atom. The SMILES string of the molecule is CC1CSCCN1Cc1ccc(F)cc1C#CCN. The van der Waals surface area contributed by atoms with Crippen molar-refractivity contribution in [1.82, 2.24) is 4.90 Å². The summed E-state index contributed by atoms with van der Waals surface area (Å²) in [5, 5.41) is 0. The van der Waals surface area contributed by atoms with Crippen molar-refractivity contribution >= 4 is 11.8 Å². The minimum Gasteiger partial charge on any atom is -0.320 e. The van der Waals surface area contributed by atoms with Crippen LogP contribution in [0.4, 0.5) is 4.39 Å². The van der Waals surface area contributed by atoms with Crippen molar-refractivity contribution < 1.29 is 4.39 Å².